The lowest BCUT2D eigenvalue weighted by Crippen LogP contribution is -2.26. The largest absolute Gasteiger partial charge is 0.469 e. The van der Waals surface area contributed by atoms with Gasteiger partial charge in [0.15, 0.2) is 10.8 Å². The van der Waals surface area contributed by atoms with Gasteiger partial charge < -0.3 is 20.4 Å². The van der Waals surface area contributed by atoms with Gasteiger partial charge in [0.05, 0.1) is 24.4 Å². The van der Waals surface area contributed by atoms with Crippen molar-refractivity contribution in [2.75, 3.05) is 18.2 Å². The zero-order chi connectivity index (χ0) is 21.9. The van der Waals surface area contributed by atoms with E-state index >= 15 is 0 Å². The highest BCUT2D eigenvalue weighted by Gasteiger charge is 2.44. The summed E-state index contributed by atoms with van der Waals surface area (Å²) in [6, 6.07) is 8.99. The summed E-state index contributed by atoms with van der Waals surface area (Å²) < 4.78 is 15.7. The molecule has 4 N–H and O–H groups in total. The van der Waals surface area contributed by atoms with Crippen LogP contribution in [0.5, 0.6) is 0 Å². The molecule has 1 aliphatic rings. The summed E-state index contributed by atoms with van der Waals surface area (Å²) in [5.41, 5.74) is 8.25. The maximum absolute atomic E-state index is 13.2. The highest BCUT2D eigenvalue weighted by Crippen LogP contribution is 2.39. The third-order valence-corrected chi connectivity index (χ3v) is 7.53. The van der Waals surface area contributed by atoms with Crippen molar-refractivity contribution in [3.05, 3.63) is 64.1 Å². The van der Waals surface area contributed by atoms with Gasteiger partial charge in [-0.1, -0.05) is 18.2 Å². The molecule has 1 aliphatic heterocycles. The van der Waals surface area contributed by atoms with Crippen molar-refractivity contribution >= 4 is 29.7 Å². The molecule has 0 radical (unpaired) electrons. The number of carbonyl (C=O) groups excluding carboxylic acids is 1. The zero-order valence-corrected chi connectivity index (χ0v) is 18.4. The van der Waals surface area contributed by atoms with Gasteiger partial charge >= 0.3 is 12.9 Å². The van der Waals surface area contributed by atoms with Crippen molar-refractivity contribution in [2.45, 2.75) is 26.8 Å². The van der Waals surface area contributed by atoms with Crippen LogP contribution in [0.3, 0.4) is 0 Å². The molecule has 1 atom stereocenters. The first-order valence-corrected chi connectivity index (χ1v) is 12.1. The van der Waals surface area contributed by atoms with Crippen LogP contribution in [-0.4, -0.2) is 42.3 Å². The number of phosphoric ester groups is 1. The SMILES string of the molecule is CC1=C(CCOP(=O)(O)O)[S+](C(=O)c2ccccc2)CN1Cc1cnc(C)nc1N. The molecular weight excluding hydrogens is 427 g/mol. The van der Waals surface area contributed by atoms with Gasteiger partial charge in [0.1, 0.15) is 22.5 Å². The Kier molecular flexibility index (Phi) is 6.95. The number of hydrogen-bond acceptors (Lipinski definition) is 7. The fourth-order valence-corrected chi connectivity index (χ4v) is 5.80. The van der Waals surface area contributed by atoms with Crippen LogP contribution in [0.2, 0.25) is 0 Å². The first-order valence-electron chi connectivity index (χ1n) is 9.19. The minimum Gasteiger partial charge on any atom is -0.383 e. The summed E-state index contributed by atoms with van der Waals surface area (Å²) >= 11 is 0. The van der Waals surface area contributed by atoms with Gasteiger partial charge in [0.2, 0.25) is 0 Å². The first kappa shape index (κ1) is 22.5. The summed E-state index contributed by atoms with van der Waals surface area (Å²) in [6.45, 7) is 3.91. The molecule has 9 nitrogen and oxygen atoms in total. The number of allylic oxidation sites excluding steroid dienone is 1. The molecule has 0 bridgehead atoms. The van der Waals surface area contributed by atoms with E-state index in [2.05, 4.69) is 14.5 Å². The standard InChI is InChI=1S/C19H23N4O5PS/c1-13-17(8-9-28-29(25,26)27)30(19(24)15-6-4-3-5-7-15)12-23(13)11-16-10-21-14(2)22-18(16)20/h3-7,10H,8-9,11-12H2,1-2H3,(H3-,20,21,22,25,26,27)/p+1. The summed E-state index contributed by atoms with van der Waals surface area (Å²) in [5.74, 6) is 1.43. The van der Waals surface area contributed by atoms with E-state index in [0.29, 0.717) is 29.6 Å². The molecule has 1 aromatic carbocycles. The smallest absolute Gasteiger partial charge is 0.383 e. The number of aromatic nitrogens is 2. The molecule has 160 valence electrons. The average Bonchev–Trinajstić information content (AvgIpc) is 2.99. The Balaban J connectivity index is 1.85. The molecule has 2 aromatic rings. The van der Waals surface area contributed by atoms with Crippen molar-refractivity contribution in [3.63, 3.8) is 0 Å². The third-order valence-electron chi connectivity index (χ3n) is 4.66. The van der Waals surface area contributed by atoms with Gasteiger partial charge in [0.25, 0.3) is 0 Å². The van der Waals surface area contributed by atoms with Gasteiger partial charge in [0, 0.05) is 18.2 Å². The maximum Gasteiger partial charge on any atom is 0.469 e. The van der Waals surface area contributed by atoms with E-state index in [1.807, 2.05) is 30.0 Å². The quantitative estimate of drug-likeness (QED) is 0.427. The fraction of sp³-hybridized carbons (Fsp3) is 0.316. The Morgan fingerprint density at radius 1 is 1.30 bits per heavy atom. The molecule has 1 aromatic heterocycles. The number of aryl methyl sites for hydroxylation is 1. The van der Waals surface area contributed by atoms with Crippen molar-refractivity contribution in [1.29, 1.82) is 0 Å². The van der Waals surface area contributed by atoms with Gasteiger partial charge in [-0.25, -0.2) is 19.3 Å². The minimum atomic E-state index is -4.58. The number of carbonyl (C=O) groups is 1. The number of phosphoric acid groups is 1. The van der Waals surface area contributed by atoms with Crippen molar-refractivity contribution in [1.82, 2.24) is 14.9 Å². The van der Waals surface area contributed by atoms with Gasteiger partial charge in [-0.2, -0.15) is 0 Å². The van der Waals surface area contributed by atoms with Crippen molar-refractivity contribution in [2.24, 2.45) is 0 Å². The molecule has 1 unspecified atom stereocenters. The Labute approximate surface area is 177 Å². The van der Waals surface area contributed by atoms with E-state index in [4.69, 9.17) is 15.5 Å². The van der Waals surface area contributed by atoms with E-state index in [-0.39, 0.29) is 18.1 Å². The van der Waals surface area contributed by atoms with Crippen molar-refractivity contribution < 1.29 is 23.7 Å². The Morgan fingerprint density at radius 2 is 2.00 bits per heavy atom. The molecule has 0 amide bonds. The zero-order valence-electron chi connectivity index (χ0n) is 16.7. The molecular formula is C19H24N4O5PS+. The van der Waals surface area contributed by atoms with Crippen LogP contribution in [0.25, 0.3) is 0 Å². The molecule has 0 aliphatic carbocycles. The Morgan fingerprint density at radius 3 is 2.63 bits per heavy atom. The van der Waals surface area contributed by atoms with Gasteiger partial charge in [-0.05, 0) is 26.0 Å². The molecule has 0 spiro atoms. The number of anilines is 1. The van der Waals surface area contributed by atoms with Crippen LogP contribution in [0.1, 0.15) is 35.1 Å². The van der Waals surface area contributed by atoms with Crippen LogP contribution < -0.4 is 5.73 Å². The molecule has 0 saturated carbocycles. The second kappa shape index (κ2) is 9.28. The lowest BCUT2D eigenvalue weighted by molar-refractivity contribution is 0.108. The Bertz CT molecular complexity index is 1010. The van der Waals surface area contributed by atoms with E-state index < -0.39 is 18.7 Å². The minimum absolute atomic E-state index is 0.0169. The third kappa shape index (κ3) is 5.47. The Hall–Kier alpha value is -2.23. The predicted octanol–water partition coefficient (Wildman–Crippen LogP) is 2.33. The average molecular weight is 451 g/mol. The van der Waals surface area contributed by atoms with Crippen molar-refractivity contribution in [3.8, 4) is 0 Å². The van der Waals surface area contributed by atoms with E-state index in [1.54, 1.807) is 25.3 Å². The van der Waals surface area contributed by atoms with E-state index in [0.717, 1.165) is 16.2 Å². The highest BCUT2D eigenvalue weighted by molar-refractivity contribution is 8.14. The topological polar surface area (TPSA) is 139 Å². The number of nitrogen functional groups attached to an aromatic ring is 1. The number of rotatable bonds is 7. The fourth-order valence-electron chi connectivity index (χ4n) is 3.14. The predicted molar refractivity (Wildman–Crippen MR) is 115 cm³/mol. The van der Waals surface area contributed by atoms with Crippen LogP contribution in [-0.2, 0) is 26.5 Å². The first-order chi connectivity index (χ1) is 14.2. The number of nitrogens with two attached hydrogens (primary N) is 1. The summed E-state index contributed by atoms with van der Waals surface area (Å²) in [4.78, 5) is 42.4. The second-order valence-electron chi connectivity index (χ2n) is 6.78. The molecule has 30 heavy (non-hydrogen) atoms. The van der Waals surface area contributed by atoms with Crippen LogP contribution in [0.4, 0.5) is 5.82 Å². The molecule has 3 rings (SSSR count). The van der Waals surface area contributed by atoms with E-state index in [9.17, 15) is 9.36 Å². The summed E-state index contributed by atoms with van der Waals surface area (Å²) in [5, 5.41) is -0.0169. The maximum atomic E-state index is 13.2. The number of hydrogen-bond donors (Lipinski definition) is 3. The second-order valence-corrected chi connectivity index (χ2v) is 9.92. The molecule has 0 saturated heterocycles. The van der Waals surface area contributed by atoms with Gasteiger partial charge in [-0.15, -0.1) is 0 Å². The highest BCUT2D eigenvalue weighted by atomic mass is 32.2. The monoisotopic (exact) mass is 451 g/mol. The van der Waals surface area contributed by atoms with Gasteiger partial charge in [-0.3, -0.25) is 4.52 Å². The van der Waals surface area contributed by atoms with Crippen LogP contribution >= 0.6 is 7.82 Å². The lowest BCUT2D eigenvalue weighted by atomic mass is 10.2. The number of nitrogens with zero attached hydrogens (tertiary/aromatic N) is 3. The number of benzene rings is 1. The molecule has 0 fully saturated rings. The van der Waals surface area contributed by atoms with Crippen LogP contribution in [0.15, 0.2) is 47.1 Å². The molecule has 11 heteroatoms. The molecule has 2 heterocycles. The van der Waals surface area contributed by atoms with Crippen LogP contribution in [0, 0.1) is 6.92 Å². The summed E-state index contributed by atoms with van der Waals surface area (Å²) in [6.07, 6.45) is 1.92. The lowest BCUT2D eigenvalue weighted by Gasteiger charge is -2.17. The summed E-state index contributed by atoms with van der Waals surface area (Å²) in [7, 11) is -5.36. The van der Waals surface area contributed by atoms with E-state index in [1.165, 1.54) is 0 Å². The normalized spacial score (nSPS) is 16.9.